The third-order valence-electron chi connectivity index (χ3n) is 3.32. The summed E-state index contributed by atoms with van der Waals surface area (Å²) in [7, 11) is 0. The average molecular weight is 257 g/mol. The van der Waals surface area contributed by atoms with Crippen LogP contribution in [-0.2, 0) is 6.18 Å². The number of pyridine rings is 1. The molecule has 0 saturated heterocycles. The molecule has 1 fully saturated rings. The fourth-order valence-corrected chi connectivity index (χ4v) is 2.28. The number of alkyl halides is 3. The lowest BCUT2D eigenvalue weighted by Crippen LogP contribution is -2.19. The second kappa shape index (κ2) is 5.08. The molecule has 2 rings (SSSR count). The van der Waals surface area contributed by atoms with E-state index in [0.29, 0.717) is 0 Å². The van der Waals surface area contributed by atoms with Crippen molar-refractivity contribution in [3.8, 4) is 0 Å². The van der Waals surface area contributed by atoms with Gasteiger partial charge in [-0.05, 0) is 25.0 Å². The van der Waals surface area contributed by atoms with Gasteiger partial charge in [-0.2, -0.15) is 13.2 Å². The normalized spacial score (nSPS) is 17.7. The van der Waals surface area contributed by atoms with Crippen LogP contribution in [0.15, 0.2) is 18.3 Å². The molecule has 18 heavy (non-hydrogen) atoms. The molecule has 0 radical (unpaired) electrons. The van der Waals surface area contributed by atoms with Crippen molar-refractivity contribution >= 4 is 5.78 Å². The Morgan fingerprint density at radius 3 is 2.33 bits per heavy atom. The molecule has 0 unspecified atom stereocenters. The van der Waals surface area contributed by atoms with Gasteiger partial charge >= 0.3 is 6.18 Å². The third kappa shape index (κ3) is 2.89. The lowest BCUT2D eigenvalue weighted by molar-refractivity contribution is -0.137. The molecule has 98 valence electrons. The highest BCUT2D eigenvalue weighted by Gasteiger charge is 2.31. The molecule has 0 aromatic carbocycles. The van der Waals surface area contributed by atoms with E-state index >= 15 is 0 Å². The predicted molar refractivity (Wildman–Crippen MR) is 60.1 cm³/mol. The molecule has 0 atom stereocenters. The smallest absolute Gasteiger partial charge is 0.292 e. The van der Waals surface area contributed by atoms with E-state index in [-0.39, 0.29) is 17.4 Å². The quantitative estimate of drug-likeness (QED) is 0.753. The molecule has 0 N–H and O–H groups in total. The first kappa shape index (κ1) is 13.1. The largest absolute Gasteiger partial charge is 0.417 e. The fourth-order valence-electron chi connectivity index (χ4n) is 2.28. The molecule has 1 saturated carbocycles. The summed E-state index contributed by atoms with van der Waals surface area (Å²) in [4.78, 5) is 15.7. The van der Waals surface area contributed by atoms with Crippen LogP contribution < -0.4 is 0 Å². The Balaban J connectivity index is 2.11. The Labute approximate surface area is 103 Å². The molecule has 0 spiro atoms. The summed E-state index contributed by atoms with van der Waals surface area (Å²) in [6.07, 6.45) is 1.12. The summed E-state index contributed by atoms with van der Waals surface area (Å²) in [6.45, 7) is 0. The van der Waals surface area contributed by atoms with Crippen LogP contribution >= 0.6 is 0 Å². The van der Waals surface area contributed by atoms with Crippen LogP contribution in [0.3, 0.4) is 0 Å². The molecular formula is C13H14F3NO. The summed E-state index contributed by atoms with van der Waals surface area (Å²) in [5, 5.41) is 0. The van der Waals surface area contributed by atoms with Gasteiger partial charge in [0.15, 0.2) is 5.78 Å². The zero-order chi connectivity index (χ0) is 13.2. The maximum atomic E-state index is 12.4. The monoisotopic (exact) mass is 257 g/mol. The van der Waals surface area contributed by atoms with Crippen LogP contribution in [0.1, 0.15) is 48.2 Å². The first-order valence-corrected chi connectivity index (χ1v) is 6.06. The van der Waals surface area contributed by atoms with Gasteiger partial charge < -0.3 is 0 Å². The van der Waals surface area contributed by atoms with Gasteiger partial charge in [-0.15, -0.1) is 0 Å². The predicted octanol–water partition coefficient (Wildman–Crippen LogP) is 3.86. The molecule has 0 amide bonds. The second-order valence-electron chi connectivity index (χ2n) is 4.63. The minimum Gasteiger partial charge on any atom is -0.292 e. The van der Waals surface area contributed by atoms with Crippen molar-refractivity contribution in [1.29, 1.82) is 0 Å². The van der Waals surface area contributed by atoms with E-state index in [1.54, 1.807) is 0 Å². The number of ketones is 1. The molecule has 1 aliphatic rings. The summed E-state index contributed by atoms with van der Waals surface area (Å²) in [5.74, 6) is -0.189. The lowest BCUT2D eigenvalue weighted by atomic mass is 9.85. The molecule has 0 aliphatic heterocycles. The fraction of sp³-hybridized carbons (Fsp3) is 0.538. The zero-order valence-electron chi connectivity index (χ0n) is 9.83. The number of Topliss-reactive ketones (excluding diaryl/α,β-unsaturated/α-hetero) is 1. The van der Waals surface area contributed by atoms with Crippen molar-refractivity contribution in [2.45, 2.75) is 38.3 Å². The Hall–Kier alpha value is -1.39. The maximum absolute atomic E-state index is 12.4. The maximum Gasteiger partial charge on any atom is 0.417 e. The topological polar surface area (TPSA) is 30.0 Å². The molecule has 1 heterocycles. The van der Waals surface area contributed by atoms with E-state index in [4.69, 9.17) is 0 Å². The number of hydrogen-bond donors (Lipinski definition) is 0. The van der Waals surface area contributed by atoms with Crippen molar-refractivity contribution in [1.82, 2.24) is 4.98 Å². The standard InChI is InChI=1S/C13H14F3NO/c14-13(15,16)10-6-7-11(17-8-10)12(18)9-4-2-1-3-5-9/h6-9H,1-5H2. The van der Waals surface area contributed by atoms with Crippen LogP contribution in [0, 0.1) is 5.92 Å². The summed E-state index contributed by atoms with van der Waals surface area (Å²) >= 11 is 0. The molecule has 1 aliphatic carbocycles. The lowest BCUT2D eigenvalue weighted by Gasteiger charge is -2.19. The van der Waals surface area contributed by atoms with Gasteiger partial charge in [-0.25, -0.2) is 0 Å². The number of rotatable bonds is 2. The molecule has 1 aromatic heterocycles. The van der Waals surface area contributed by atoms with Gasteiger partial charge in [0, 0.05) is 12.1 Å². The summed E-state index contributed by atoms with van der Waals surface area (Å²) in [5.41, 5.74) is -0.669. The molecular weight excluding hydrogens is 243 g/mol. The molecule has 1 aromatic rings. The first-order chi connectivity index (χ1) is 8.48. The van der Waals surface area contributed by atoms with Crippen LogP contribution in [0.25, 0.3) is 0 Å². The van der Waals surface area contributed by atoms with Gasteiger partial charge in [0.1, 0.15) is 5.69 Å². The molecule has 2 nitrogen and oxygen atoms in total. The third-order valence-corrected chi connectivity index (χ3v) is 3.32. The van der Waals surface area contributed by atoms with Crippen molar-refractivity contribution in [3.63, 3.8) is 0 Å². The number of halogens is 3. The van der Waals surface area contributed by atoms with Crippen LogP contribution in [0.5, 0.6) is 0 Å². The van der Waals surface area contributed by atoms with Gasteiger partial charge in [-0.1, -0.05) is 19.3 Å². The van der Waals surface area contributed by atoms with Crippen LogP contribution in [-0.4, -0.2) is 10.8 Å². The van der Waals surface area contributed by atoms with Gasteiger partial charge in [0.25, 0.3) is 0 Å². The van der Waals surface area contributed by atoms with Crippen molar-refractivity contribution in [2.24, 2.45) is 5.92 Å². The van der Waals surface area contributed by atoms with Crippen molar-refractivity contribution < 1.29 is 18.0 Å². The number of nitrogens with zero attached hydrogens (tertiary/aromatic N) is 1. The van der Waals surface area contributed by atoms with Gasteiger partial charge in [0.05, 0.1) is 5.56 Å². The Kier molecular flexibility index (Phi) is 3.68. The first-order valence-electron chi connectivity index (χ1n) is 6.06. The SMILES string of the molecule is O=C(c1ccc(C(F)(F)F)cn1)C1CCCCC1. The van der Waals surface area contributed by atoms with E-state index in [0.717, 1.165) is 44.4 Å². The van der Waals surface area contributed by atoms with Crippen LogP contribution in [0.4, 0.5) is 13.2 Å². The van der Waals surface area contributed by atoms with Crippen molar-refractivity contribution in [2.75, 3.05) is 0 Å². The number of carbonyl (C=O) groups excluding carboxylic acids is 1. The minimum atomic E-state index is -4.40. The van der Waals surface area contributed by atoms with Gasteiger partial charge in [0.2, 0.25) is 0 Å². The second-order valence-corrected chi connectivity index (χ2v) is 4.63. The highest BCUT2D eigenvalue weighted by Crippen LogP contribution is 2.30. The van der Waals surface area contributed by atoms with Gasteiger partial charge in [-0.3, -0.25) is 9.78 Å². The Morgan fingerprint density at radius 2 is 1.83 bits per heavy atom. The molecule has 5 heteroatoms. The van der Waals surface area contributed by atoms with Crippen LogP contribution in [0.2, 0.25) is 0 Å². The van der Waals surface area contributed by atoms with E-state index in [1.807, 2.05) is 0 Å². The average Bonchev–Trinajstić information content (AvgIpc) is 2.38. The van der Waals surface area contributed by atoms with E-state index in [1.165, 1.54) is 6.07 Å². The summed E-state index contributed by atoms with van der Waals surface area (Å²) < 4.78 is 37.1. The van der Waals surface area contributed by atoms with Crippen molar-refractivity contribution in [3.05, 3.63) is 29.6 Å². The number of aromatic nitrogens is 1. The van der Waals surface area contributed by atoms with E-state index in [9.17, 15) is 18.0 Å². The number of carbonyl (C=O) groups is 1. The zero-order valence-corrected chi connectivity index (χ0v) is 9.83. The minimum absolute atomic E-state index is 0.0667. The highest BCUT2D eigenvalue weighted by atomic mass is 19.4. The van der Waals surface area contributed by atoms with E-state index < -0.39 is 11.7 Å². The Morgan fingerprint density at radius 1 is 1.17 bits per heavy atom. The summed E-state index contributed by atoms with van der Waals surface area (Å²) in [6, 6.07) is 2.10. The highest BCUT2D eigenvalue weighted by molar-refractivity contribution is 5.96. The van der Waals surface area contributed by atoms with E-state index in [2.05, 4.69) is 4.98 Å². The molecule has 0 bridgehead atoms. The number of hydrogen-bond acceptors (Lipinski definition) is 2. The Bertz CT molecular complexity index is 419.